The second-order valence-corrected chi connectivity index (χ2v) is 5.36. The van der Waals surface area contributed by atoms with Gasteiger partial charge >= 0.3 is 0 Å². The van der Waals surface area contributed by atoms with Gasteiger partial charge in [0.2, 0.25) is 5.91 Å². The molecule has 1 unspecified atom stereocenters. The van der Waals surface area contributed by atoms with Gasteiger partial charge in [-0.15, -0.1) is 0 Å². The highest BCUT2D eigenvalue weighted by Crippen LogP contribution is 2.23. The molecule has 1 fully saturated rings. The zero-order valence-corrected chi connectivity index (χ0v) is 11.9. The number of carbonyl (C=O) groups is 2. The van der Waals surface area contributed by atoms with Crippen LogP contribution in [-0.4, -0.2) is 35.7 Å². The molecule has 0 aliphatic carbocycles. The summed E-state index contributed by atoms with van der Waals surface area (Å²) in [5.41, 5.74) is 0.939. The van der Waals surface area contributed by atoms with Crippen LogP contribution in [0.4, 0.5) is 4.79 Å². The zero-order chi connectivity index (χ0) is 15.1. The molecule has 1 aromatic carbocycles. The van der Waals surface area contributed by atoms with Crippen LogP contribution in [0.1, 0.15) is 5.56 Å². The van der Waals surface area contributed by atoms with Crippen molar-refractivity contribution in [1.82, 2.24) is 5.32 Å². The van der Waals surface area contributed by atoms with Crippen LogP contribution in [0, 0.1) is 0 Å². The standard InChI is InChI=1S/C14H13NO5S/c16-6-1-7-19-9-20-11-4-2-10(3-5-11)8-12-13(17)15-14(18)21-12/h1-5,12H,7-9H2,(H,15,17,18). The minimum Gasteiger partial charge on any atom is -0.468 e. The Morgan fingerprint density at radius 3 is 2.67 bits per heavy atom. The fourth-order valence-electron chi connectivity index (χ4n) is 1.71. The van der Waals surface area contributed by atoms with Crippen LogP contribution in [0.2, 0.25) is 0 Å². The number of carbonyl (C=O) groups excluding carboxylic acids is 3. The van der Waals surface area contributed by atoms with Crippen LogP contribution in [0.5, 0.6) is 5.75 Å². The maximum Gasteiger partial charge on any atom is 0.286 e. The van der Waals surface area contributed by atoms with Crippen molar-refractivity contribution >= 4 is 28.8 Å². The van der Waals surface area contributed by atoms with Gasteiger partial charge < -0.3 is 9.47 Å². The molecule has 2 amide bonds. The SMILES string of the molecule is O=C=CCOCOc1ccc(CC2SC(=O)NC2=O)cc1. The number of rotatable bonds is 7. The van der Waals surface area contributed by atoms with E-state index in [1.165, 1.54) is 6.08 Å². The lowest BCUT2D eigenvalue weighted by Crippen LogP contribution is -2.25. The molecule has 0 aromatic heterocycles. The first-order valence-electron chi connectivity index (χ1n) is 6.19. The molecule has 0 bridgehead atoms. The first kappa shape index (κ1) is 15.3. The molecule has 1 aliphatic heterocycles. The van der Waals surface area contributed by atoms with Gasteiger partial charge in [-0.25, -0.2) is 4.79 Å². The van der Waals surface area contributed by atoms with E-state index in [1.54, 1.807) is 18.1 Å². The summed E-state index contributed by atoms with van der Waals surface area (Å²) in [5.74, 6) is 1.97. The highest BCUT2D eigenvalue weighted by atomic mass is 32.2. The summed E-state index contributed by atoms with van der Waals surface area (Å²) in [4.78, 5) is 32.4. The maximum absolute atomic E-state index is 11.5. The third-order valence-electron chi connectivity index (χ3n) is 2.70. The zero-order valence-electron chi connectivity index (χ0n) is 11.0. The second-order valence-electron chi connectivity index (χ2n) is 4.19. The monoisotopic (exact) mass is 307 g/mol. The van der Waals surface area contributed by atoms with Gasteiger partial charge in [-0.2, -0.15) is 0 Å². The minimum atomic E-state index is -0.372. The van der Waals surface area contributed by atoms with E-state index < -0.39 is 0 Å². The summed E-state index contributed by atoms with van der Waals surface area (Å²) in [6, 6.07) is 7.18. The molecule has 0 saturated carbocycles. The Balaban J connectivity index is 1.80. The molecule has 0 spiro atoms. The van der Waals surface area contributed by atoms with Gasteiger partial charge in [-0.05, 0) is 24.1 Å². The van der Waals surface area contributed by atoms with Crippen molar-refractivity contribution in [3.63, 3.8) is 0 Å². The summed E-state index contributed by atoms with van der Waals surface area (Å²) in [5, 5.41) is 1.58. The molecule has 1 heterocycles. The normalized spacial score (nSPS) is 17.2. The van der Waals surface area contributed by atoms with Crippen LogP contribution in [0.25, 0.3) is 0 Å². The molecule has 110 valence electrons. The fraction of sp³-hybridized carbons (Fsp3) is 0.286. The first-order valence-corrected chi connectivity index (χ1v) is 7.07. The molecule has 2 rings (SSSR count). The van der Waals surface area contributed by atoms with Crippen molar-refractivity contribution in [2.24, 2.45) is 0 Å². The number of hydrogen-bond acceptors (Lipinski definition) is 6. The quantitative estimate of drug-likeness (QED) is 0.465. The average molecular weight is 307 g/mol. The van der Waals surface area contributed by atoms with E-state index in [1.807, 2.05) is 12.1 Å². The lowest BCUT2D eigenvalue weighted by atomic mass is 10.1. The van der Waals surface area contributed by atoms with Gasteiger partial charge in [0.25, 0.3) is 5.24 Å². The second kappa shape index (κ2) is 7.64. The maximum atomic E-state index is 11.5. The van der Waals surface area contributed by atoms with Crippen molar-refractivity contribution in [3.05, 3.63) is 35.9 Å². The fourth-order valence-corrected chi connectivity index (χ4v) is 2.57. The van der Waals surface area contributed by atoms with E-state index in [9.17, 15) is 14.4 Å². The number of hydrogen-bond donors (Lipinski definition) is 1. The molecule has 6 nitrogen and oxygen atoms in total. The summed E-state index contributed by atoms with van der Waals surface area (Å²) >= 11 is 1.01. The molecule has 1 N–H and O–H groups in total. The van der Waals surface area contributed by atoms with Crippen molar-refractivity contribution in [2.75, 3.05) is 13.4 Å². The van der Waals surface area contributed by atoms with Gasteiger partial charge in [0.05, 0.1) is 11.9 Å². The predicted octanol–water partition coefficient (Wildman–Crippen LogP) is 1.32. The Hall–Kier alpha value is -2.08. The first-order chi connectivity index (χ1) is 10.2. The van der Waals surface area contributed by atoms with E-state index in [2.05, 4.69) is 5.32 Å². The number of amides is 2. The summed E-state index contributed by atoms with van der Waals surface area (Å²) in [6.07, 6.45) is 1.71. The van der Waals surface area contributed by atoms with Crippen LogP contribution in [-0.2, 0) is 20.7 Å². The summed E-state index contributed by atoms with van der Waals surface area (Å²) < 4.78 is 10.3. The van der Waals surface area contributed by atoms with Gasteiger partial charge in [0.1, 0.15) is 11.7 Å². The van der Waals surface area contributed by atoms with Crippen molar-refractivity contribution < 1.29 is 23.9 Å². The molecule has 7 heteroatoms. The van der Waals surface area contributed by atoms with Crippen LogP contribution in [0.15, 0.2) is 30.3 Å². The van der Waals surface area contributed by atoms with E-state index in [4.69, 9.17) is 9.47 Å². The number of ether oxygens (including phenoxy) is 2. The highest BCUT2D eigenvalue weighted by Gasteiger charge is 2.31. The molecular formula is C14H13NO5S. The predicted molar refractivity (Wildman–Crippen MR) is 76.8 cm³/mol. The van der Waals surface area contributed by atoms with Crippen molar-refractivity contribution in [2.45, 2.75) is 11.7 Å². The summed E-state index contributed by atoms with van der Waals surface area (Å²) in [6.45, 7) is 0.191. The van der Waals surface area contributed by atoms with E-state index in [0.29, 0.717) is 12.2 Å². The Kier molecular flexibility index (Phi) is 5.57. The third kappa shape index (κ3) is 4.75. The molecule has 1 saturated heterocycles. The summed E-state index contributed by atoms with van der Waals surface area (Å²) in [7, 11) is 0. The molecule has 1 aliphatic rings. The molecule has 21 heavy (non-hydrogen) atoms. The van der Waals surface area contributed by atoms with Crippen LogP contribution in [0.3, 0.4) is 0 Å². The third-order valence-corrected chi connectivity index (χ3v) is 3.69. The molecule has 1 atom stereocenters. The Morgan fingerprint density at radius 1 is 1.29 bits per heavy atom. The number of benzene rings is 1. The van der Waals surface area contributed by atoms with E-state index in [-0.39, 0.29) is 29.8 Å². The van der Waals surface area contributed by atoms with E-state index in [0.717, 1.165) is 17.3 Å². The number of imide groups is 1. The van der Waals surface area contributed by atoms with Gasteiger partial charge in [-0.3, -0.25) is 14.9 Å². The van der Waals surface area contributed by atoms with Crippen molar-refractivity contribution in [1.29, 1.82) is 0 Å². The topological polar surface area (TPSA) is 81.7 Å². The van der Waals surface area contributed by atoms with Gasteiger partial charge in [0.15, 0.2) is 6.79 Å². The highest BCUT2D eigenvalue weighted by molar-refractivity contribution is 8.15. The average Bonchev–Trinajstić information content (AvgIpc) is 2.78. The molecule has 1 aromatic rings. The minimum absolute atomic E-state index is 0.0346. The van der Waals surface area contributed by atoms with Crippen molar-refractivity contribution in [3.8, 4) is 5.75 Å². The molecule has 0 radical (unpaired) electrons. The van der Waals surface area contributed by atoms with Gasteiger partial charge in [-0.1, -0.05) is 23.9 Å². The van der Waals surface area contributed by atoms with E-state index >= 15 is 0 Å². The lowest BCUT2D eigenvalue weighted by Gasteiger charge is -2.08. The van der Waals surface area contributed by atoms with Crippen LogP contribution < -0.4 is 10.1 Å². The Morgan fingerprint density at radius 2 is 2.05 bits per heavy atom. The Labute approximate surface area is 125 Å². The number of nitrogens with one attached hydrogen (secondary N) is 1. The van der Waals surface area contributed by atoms with Crippen LogP contribution >= 0.6 is 11.8 Å². The number of thioether (sulfide) groups is 1. The Bertz CT molecular complexity index is 565. The molecular weight excluding hydrogens is 294 g/mol. The largest absolute Gasteiger partial charge is 0.468 e. The lowest BCUT2D eigenvalue weighted by molar-refractivity contribution is -0.118. The van der Waals surface area contributed by atoms with Gasteiger partial charge in [0, 0.05) is 6.08 Å². The smallest absolute Gasteiger partial charge is 0.286 e.